The third-order valence-corrected chi connectivity index (χ3v) is 7.88. The van der Waals surface area contributed by atoms with Crippen molar-refractivity contribution in [3.05, 3.63) is 78.9 Å². The summed E-state index contributed by atoms with van der Waals surface area (Å²) >= 11 is 0. The van der Waals surface area contributed by atoms with E-state index in [1.165, 1.54) is 0 Å². The maximum absolute atomic E-state index is 13.6. The fourth-order valence-electron chi connectivity index (χ4n) is 4.12. The number of rotatable bonds is 5. The number of hydrogen-bond acceptors (Lipinski definition) is 2. The fraction of sp³-hybridized carbons (Fsp3) is 0.333. The zero-order valence-electron chi connectivity index (χ0n) is 13.9. The van der Waals surface area contributed by atoms with E-state index in [1.54, 1.807) is 30.3 Å². The summed E-state index contributed by atoms with van der Waals surface area (Å²) in [5.41, 5.74) is 1.12. The topological polar surface area (TPSA) is 34.1 Å². The Morgan fingerprint density at radius 3 is 2.25 bits per heavy atom. The molecule has 0 N–H and O–H groups in total. The van der Waals surface area contributed by atoms with Gasteiger partial charge in [-0.3, -0.25) is 0 Å². The van der Waals surface area contributed by atoms with E-state index in [-0.39, 0.29) is 5.92 Å². The van der Waals surface area contributed by atoms with Crippen LogP contribution in [0.1, 0.15) is 43.6 Å². The van der Waals surface area contributed by atoms with Crippen molar-refractivity contribution in [2.45, 2.75) is 47.7 Å². The van der Waals surface area contributed by atoms with Gasteiger partial charge in [0, 0.05) is 5.92 Å². The van der Waals surface area contributed by atoms with Gasteiger partial charge in [0.1, 0.15) is 0 Å². The summed E-state index contributed by atoms with van der Waals surface area (Å²) in [6.07, 6.45) is 5.89. The second-order valence-electron chi connectivity index (χ2n) is 6.58. The highest BCUT2D eigenvalue weighted by molar-refractivity contribution is 7.93. The maximum Gasteiger partial charge on any atom is 0.184 e. The van der Waals surface area contributed by atoms with Gasteiger partial charge in [0.15, 0.2) is 9.84 Å². The minimum atomic E-state index is -3.45. The van der Waals surface area contributed by atoms with Gasteiger partial charge in [0.2, 0.25) is 0 Å². The summed E-state index contributed by atoms with van der Waals surface area (Å²) in [7, 11) is -3.45. The molecule has 1 saturated carbocycles. The second kappa shape index (κ2) is 6.94. The monoisotopic (exact) mass is 340 g/mol. The van der Waals surface area contributed by atoms with Crippen LogP contribution in [-0.2, 0) is 9.84 Å². The molecule has 3 heteroatoms. The van der Waals surface area contributed by atoms with Crippen LogP contribution in [0.3, 0.4) is 0 Å². The number of allylic oxidation sites excluding steroid dienone is 1. The Balaban J connectivity index is 2.17. The lowest BCUT2D eigenvalue weighted by Gasteiger charge is -2.43. The zero-order chi connectivity index (χ0) is 17.0. The first-order valence-electron chi connectivity index (χ1n) is 8.57. The summed E-state index contributed by atoms with van der Waals surface area (Å²) in [6.45, 7) is 3.87. The van der Waals surface area contributed by atoms with E-state index in [2.05, 4.69) is 18.7 Å². The largest absolute Gasteiger partial charge is 0.223 e. The molecule has 0 aromatic heterocycles. The lowest BCUT2D eigenvalue weighted by Crippen LogP contribution is -2.46. The van der Waals surface area contributed by atoms with Gasteiger partial charge >= 0.3 is 0 Å². The Morgan fingerprint density at radius 1 is 1.00 bits per heavy atom. The van der Waals surface area contributed by atoms with E-state index in [1.807, 2.05) is 24.3 Å². The molecule has 126 valence electrons. The second-order valence-corrected chi connectivity index (χ2v) is 8.87. The molecular formula is C21H24O2S. The van der Waals surface area contributed by atoms with Crippen molar-refractivity contribution in [1.29, 1.82) is 0 Å². The molecule has 0 bridgehead atoms. The highest BCUT2D eigenvalue weighted by atomic mass is 32.2. The van der Waals surface area contributed by atoms with Gasteiger partial charge < -0.3 is 0 Å². The molecule has 2 aromatic carbocycles. The van der Waals surface area contributed by atoms with E-state index in [0.29, 0.717) is 17.7 Å². The Kier molecular flexibility index (Phi) is 4.91. The van der Waals surface area contributed by atoms with E-state index < -0.39 is 14.6 Å². The third kappa shape index (κ3) is 2.82. The van der Waals surface area contributed by atoms with Gasteiger partial charge in [0.05, 0.1) is 9.64 Å². The molecule has 2 aromatic rings. The molecule has 0 amide bonds. The highest BCUT2D eigenvalue weighted by Gasteiger charge is 2.51. The first-order chi connectivity index (χ1) is 11.6. The smallest absolute Gasteiger partial charge is 0.184 e. The molecule has 0 heterocycles. The quantitative estimate of drug-likeness (QED) is 0.707. The molecule has 0 spiro atoms. The molecule has 1 fully saturated rings. The first-order valence-corrected chi connectivity index (χ1v) is 10.1. The van der Waals surface area contributed by atoms with Crippen molar-refractivity contribution in [1.82, 2.24) is 0 Å². The first kappa shape index (κ1) is 17.0. The Labute approximate surface area is 145 Å². The van der Waals surface area contributed by atoms with Crippen LogP contribution in [0, 0.1) is 0 Å². The molecule has 24 heavy (non-hydrogen) atoms. The summed E-state index contributed by atoms with van der Waals surface area (Å²) in [5, 5.41) is 0. The zero-order valence-corrected chi connectivity index (χ0v) is 14.7. The van der Waals surface area contributed by atoms with Crippen LogP contribution >= 0.6 is 0 Å². The average molecular weight is 340 g/mol. The Bertz CT molecular complexity index is 781. The van der Waals surface area contributed by atoms with Crippen molar-refractivity contribution in [3.8, 4) is 0 Å². The highest BCUT2D eigenvalue weighted by Crippen LogP contribution is 2.50. The average Bonchev–Trinajstić information content (AvgIpc) is 2.64. The van der Waals surface area contributed by atoms with Crippen molar-refractivity contribution < 1.29 is 8.42 Å². The van der Waals surface area contributed by atoms with Crippen LogP contribution in [0.2, 0.25) is 0 Å². The summed E-state index contributed by atoms with van der Waals surface area (Å²) in [5.74, 6) is 0.00987. The lowest BCUT2D eigenvalue weighted by molar-refractivity contribution is 0.326. The number of hydrogen-bond donors (Lipinski definition) is 0. The van der Waals surface area contributed by atoms with Crippen molar-refractivity contribution in [3.63, 3.8) is 0 Å². The van der Waals surface area contributed by atoms with Crippen LogP contribution in [0.25, 0.3) is 0 Å². The predicted octanol–water partition coefficient (Wildman–Crippen LogP) is 5.13. The summed E-state index contributed by atoms with van der Waals surface area (Å²) < 4.78 is 26.5. The molecular weight excluding hydrogens is 316 g/mol. The Morgan fingerprint density at radius 2 is 1.62 bits per heavy atom. The van der Waals surface area contributed by atoms with Crippen molar-refractivity contribution in [2.75, 3.05) is 0 Å². The molecule has 0 radical (unpaired) electrons. The number of sulfone groups is 1. The van der Waals surface area contributed by atoms with Crippen LogP contribution in [-0.4, -0.2) is 13.2 Å². The number of benzene rings is 2. The van der Waals surface area contributed by atoms with Crippen molar-refractivity contribution in [2.24, 2.45) is 0 Å². The van der Waals surface area contributed by atoms with E-state index in [4.69, 9.17) is 0 Å². The van der Waals surface area contributed by atoms with Crippen LogP contribution in [0.15, 0.2) is 78.2 Å². The van der Waals surface area contributed by atoms with Crippen LogP contribution < -0.4 is 0 Å². The van der Waals surface area contributed by atoms with Crippen molar-refractivity contribution >= 4 is 9.84 Å². The van der Waals surface area contributed by atoms with Gasteiger partial charge in [-0.25, -0.2) is 8.42 Å². The standard InChI is InChI=1S/C21H24O2S/c1-2-16-21(24(22,23)19-13-7-4-8-14-19)17-10-9-15-20(21)18-11-5-3-6-12-18/h2-8,11-14,20H,1,9-10,15-17H2. The molecule has 2 unspecified atom stereocenters. The SMILES string of the molecule is C=CCC1(S(=O)(=O)c2ccccc2)CCCCC1c1ccccc1. The molecule has 2 atom stereocenters. The van der Waals surface area contributed by atoms with E-state index >= 15 is 0 Å². The fourth-order valence-corrected chi connectivity index (χ4v) is 6.48. The molecule has 0 aliphatic heterocycles. The van der Waals surface area contributed by atoms with E-state index in [9.17, 15) is 8.42 Å². The van der Waals surface area contributed by atoms with Gasteiger partial charge in [-0.05, 0) is 37.0 Å². The minimum Gasteiger partial charge on any atom is -0.223 e. The van der Waals surface area contributed by atoms with Gasteiger partial charge in [-0.2, -0.15) is 0 Å². The maximum atomic E-state index is 13.6. The lowest BCUT2D eigenvalue weighted by atomic mass is 9.73. The molecule has 0 saturated heterocycles. The molecule has 1 aliphatic carbocycles. The summed E-state index contributed by atoms with van der Waals surface area (Å²) in [6, 6.07) is 19.0. The van der Waals surface area contributed by atoms with Gasteiger partial charge in [0.25, 0.3) is 0 Å². The van der Waals surface area contributed by atoms with Gasteiger partial charge in [-0.1, -0.05) is 67.4 Å². The predicted molar refractivity (Wildman–Crippen MR) is 98.8 cm³/mol. The van der Waals surface area contributed by atoms with Crippen LogP contribution in [0.4, 0.5) is 0 Å². The van der Waals surface area contributed by atoms with Gasteiger partial charge in [-0.15, -0.1) is 6.58 Å². The third-order valence-electron chi connectivity index (χ3n) is 5.26. The van der Waals surface area contributed by atoms with Crippen LogP contribution in [0.5, 0.6) is 0 Å². The molecule has 1 aliphatic rings. The minimum absolute atomic E-state index is 0.00987. The van der Waals surface area contributed by atoms with E-state index in [0.717, 1.165) is 24.8 Å². The molecule has 3 rings (SSSR count). The Hall–Kier alpha value is -1.87. The summed E-state index contributed by atoms with van der Waals surface area (Å²) in [4.78, 5) is 0.426. The normalized spacial score (nSPS) is 24.4. The molecule has 2 nitrogen and oxygen atoms in total.